The largest absolute Gasteiger partial charge is 0.465 e. The quantitative estimate of drug-likeness (QED) is 0.853. The van der Waals surface area contributed by atoms with Crippen LogP contribution in [0.15, 0.2) is 33.6 Å². The molecule has 1 aromatic rings. The van der Waals surface area contributed by atoms with E-state index in [2.05, 4.69) is 21.2 Å². The molecule has 6 nitrogen and oxygen atoms in total. The third-order valence-electron chi connectivity index (χ3n) is 3.24. The lowest BCUT2D eigenvalue weighted by molar-refractivity contribution is 0.192. The number of carboxylic acid groups (broad SMARTS) is 1. The monoisotopic (exact) mass is 362 g/mol. The van der Waals surface area contributed by atoms with Crippen LogP contribution in [0.3, 0.4) is 0 Å². The standard InChI is InChI=1S/C12H15BrN2O4S/c13-10-1-3-11(4-2-10)20(18,19)15-6-5-9(8-15)7-14-12(16)17/h1-4,9,14H,5-8H2,(H,16,17)/t9-/m1/s1. The fourth-order valence-corrected chi connectivity index (χ4v) is 3.96. The Morgan fingerprint density at radius 1 is 1.40 bits per heavy atom. The Labute approximate surface area is 126 Å². The number of hydrogen-bond donors (Lipinski definition) is 2. The molecule has 1 saturated heterocycles. The molecule has 0 aromatic heterocycles. The Balaban J connectivity index is 2.05. The van der Waals surface area contributed by atoms with Crippen LogP contribution in [0.5, 0.6) is 0 Å². The number of hydrogen-bond acceptors (Lipinski definition) is 3. The molecule has 0 aliphatic carbocycles. The number of amides is 1. The van der Waals surface area contributed by atoms with Crippen molar-refractivity contribution in [1.82, 2.24) is 9.62 Å². The first-order chi connectivity index (χ1) is 9.39. The lowest BCUT2D eigenvalue weighted by atomic mass is 10.1. The van der Waals surface area contributed by atoms with Crippen molar-refractivity contribution in [2.24, 2.45) is 5.92 Å². The average molecular weight is 363 g/mol. The summed E-state index contributed by atoms with van der Waals surface area (Å²) in [5.41, 5.74) is 0. The lowest BCUT2D eigenvalue weighted by Crippen LogP contribution is -2.32. The van der Waals surface area contributed by atoms with Crippen molar-refractivity contribution >= 4 is 32.0 Å². The van der Waals surface area contributed by atoms with Gasteiger partial charge in [0.25, 0.3) is 0 Å². The molecule has 0 bridgehead atoms. The zero-order chi connectivity index (χ0) is 14.8. The minimum absolute atomic E-state index is 0.0244. The van der Waals surface area contributed by atoms with Crippen molar-refractivity contribution in [3.05, 3.63) is 28.7 Å². The summed E-state index contributed by atoms with van der Waals surface area (Å²) in [6.45, 7) is 1.05. The number of halogens is 1. The van der Waals surface area contributed by atoms with E-state index in [1.807, 2.05) is 0 Å². The van der Waals surface area contributed by atoms with Gasteiger partial charge in [0.2, 0.25) is 10.0 Å². The van der Waals surface area contributed by atoms with E-state index in [-0.39, 0.29) is 17.4 Å². The summed E-state index contributed by atoms with van der Waals surface area (Å²) in [7, 11) is -3.49. The van der Waals surface area contributed by atoms with E-state index in [4.69, 9.17) is 5.11 Å². The predicted molar refractivity (Wildman–Crippen MR) is 77.0 cm³/mol. The molecule has 1 aliphatic rings. The van der Waals surface area contributed by atoms with Gasteiger partial charge in [-0.2, -0.15) is 4.31 Å². The molecule has 1 aliphatic heterocycles. The minimum atomic E-state index is -3.49. The summed E-state index contributed by atoms with van der Waals surface area (Å²) in [5.74, 6) is 0.0244. The van der Waals surface area contributed by atoms with Gasteiger partial charge in [-0.05, 0) is 36.6 Å². The van der Waals surface area contributed by atoms with E-state index in [1.165, 1.54) is 4.31 Å². The van der Waals surface area contributed by atoms with E-state index >= 15 is 0 Å². The summed E-state index contributed by atoms with van der Waals surface area (Å²) < 4.78 is 27.0. The third kappa shape index (κ3) is 3.50. The smallest absolute Gasteiger partial charge is 0.404 e. The first kappa shape index (κ1) is 15.3. The Kier molecular flexibility index (Phi) is 4.66. The molecule has 1 aromatic carbocycles. The van der Waals surface area contributed by atoms with Gasteiger partial charge in [-0.25, -0.2) is 13.2 Å². The second-order valence-corrected chi connectivity index (χ2v) is 7.51. The topological polar surface area (TPSA) is 86.7 Å². The van der Waals surface area contributed by atoms with Crippen LogP contribution in [0.1, 0.15) is 6.42 Å². The second kappa shape index (κ2) is 6.11. The van der Waals surface area contributed by atoms with Crippen molar-refractivity contribution < 1.29 is 18.3 Å². The third-order valence-corrected chi connectivity index (χ3v) is 5.65. The van der Waals surface area contributed by atoms with Crippen LogP contribution in [0.4, 0.5) is 4.79 Å². The average Bonchev–Trinajstić information content (AvgIpc) is 2.86. The number of carbonyl (C=O) groups is 1. The first-order valence-electron chi connectivity index (χ1n) is 6.12. The number of nitrogens with zero attached hydrogens (tertiary/aromatic N) is 1. The van der Waals surface area contributed by atoms with Gasteiger partial charge in [0.15, 0.2) is 0 Å². The zero-order valence-corrected chi connectivity index (χ0v) is 13.0. The van der Waals surface area contributed by atoms with Crippen molar-refractivity contribution in [1.29, 1.82) is 0 Å². The van der Waals surface area contributed by atoms with Gasteiger partial charge >= 0.3 is 6.09 Å². The van der Waals surface area contributed by atoms with Crippen molar-refractivity contribution in [3.63, 3.8) is 0 Å². The molecule has 0 radical (unpaired) electrons. The molecule has 1 atom stereocenters. The van der Waals surface area contributed by atoms with Gasteiger partial charge in [-0.1, -0.05) is 15.9 Å². The number of rotatable bonds is 4. The van der Waals surface area contributed by atoms with E-state index < -0.39 is 16.1 Å². The maximum absolute atomic E-state index is 12.4. The summed E-state index contributed by atoms with van der Waals surface area (Å²) in [5, 5.41) is 10.9. The molecule has 0 spiro atoms. The van der Waals surface area contributed by atoms with E-state index in [0.717, 1.165) is 4.47 Å². The molecule has 0 saturated carbocycles. The molecule has 20 heavy (non-hydrogen) atoms. The molecule has 1 heterocycles. The number of benzene rings is 1. The summed E-state index contributed by atoms with van der Waals surface area (Å²) in [6.07, 6.45) is -0.421. The van der Waals surface area contributed by atoms with Crippen molar-refractivity contribution in [2.75, 3.05) is 19.6 Å². The maximum atomic E-state index is 12.4. The predicted octanol–water partition coefficient (Wildman–Crippen LogP) is 1.73. The molecule has 110 valence electrons. The van der Waals surface area contributed by atoms with Gasteiger partial charge in [-0.3, -0.25) is 0 Å². The Morgan fingerprint density at radius 3 is 2.65 bits per heavy atom. The van der Waals surface area contributed by atoms with Crippen LogP contribution in [0, 0.1) is 5.92 Å². The number of sulfonamides is 1. The molecular formula is C12H15BrN2O4S. The summed E-state index contributed by atoms with van der Waals surface area (Å²) in [6, 6.07) is 6.49. The van der Waals surface area contributed by atoms with Gasteiger partial charge in [0.1, 0.15) is 0 Å². The van der Waals surface area contributed by atoms with E-state index in [1.54, 1.807) is 24.3 Å². The SMILES string of the molecule is O=C(O)NC[C@H]1CCN(S(=O)(=O)c2ccc(Br)cc2)C1. The zero-order valence-electron chi connectivity index (χ0n) is 10.6. The van der Waals surface area contributed by atoms with Crippen LogP contribution in [-0.4, -0.2) is 43.6 Å². The number of nitrogens with one attached hydrogen (secondary N) is 1. The molecular weight excluding hydrogens is 348 g/mol. The summed E-state index contributed by atoms with van der Waals surface area (Å²) in [4.78, 5) is 10.7. The van der Waals surface area contributed by atoms with E-state index in [0.29, 0.717) is 19.5 Å². The Bertz CT molecular complexity index is 588. The van der Waals surface area contributed by atoms with Gasteiger partial charge in [-0.15, -0.1) is 0 Å². The Hall–Kier alpha value is -1.12. The first-order valence-corrected chi connectivity index (χ1v) is 8.35. The van der Waals surface area contributed by atoms with Crippen molar-refractivity contribution in [3.8, 4) is 0 Å². The molecule has 8 heteroatoms. The highest BCUT2D eigenvalue weighted by Crippen LogP contribution is 2.24. The second-order valence-electron chi connectivity index (χ2n) is 4.66. The lowest BCUT2D eigenvalue weighted by Gasteiger charge is -2.16. The molecule has 2 rings (SSSR count). The van der Waals surface area contributed by atoms with Gasteiger partial charge in [0, 0.05) is 24.1 Å². The van der Waals surface area contributed by atoms with Crippen LogP contribution < -0.4 is 5.32 Å². The highest BCUT2D eigenvalue weighted by atomic mass is 79.9. The molecule has 2 N–H and O–H groups in total. The van der Waals surface area contributed by atoms with Crippen LogP contribution in [-0.2, 0) is 10.0 Å². The Morgan fingerprint density at radius 2 is 2.05 bits per heavy atom. The molecule has 1 fully saturated rings. The van der Waals surface area contributed by atoms with Gasteiger partial charge in [0.05, 0.1) is 4.90 Å². The maximum Gasteiger partial charge on any atom is 0.404 e. The van der Waals surface area contributed by atoms with Crippen molar-refractivity contribution in [2.45, 2.75) is 11.3 Å². The fraction of sp³-hybridized carbons (Fsp3) is 0.417. The van der Waals surface area contributed by atoms with E-state index in [9.17, 15) is 13.2 Å². The van der Waals surface area contributed by atoms with Crippen LogP contribution in [0.25, 0.3) is 0 Å². The summed E-state index contributed by atoms with van der Waals surface area (Å²) >= 11 is 3.27. The van der Waals surface area contributed by atoms with Crippen LogP contribution in [0.2, 0.25) is 0 Å². The molecule has 1 amide bonds. The van der Waals surface area contributed by atoms with Crippen LogP contribution >= 0.6 is 15.9 Å². The highest BCUT2D eigenvalue weighted by molar-refractivity contribution is 9.10. The minimum Gasteiger partial charge on any atom is -0.465 e. The fourth-order valence-electron chi connectivity index (χ4n) is 2.17. The molecule has 0 unspecified atom stereocenters. The van der Waals surface area contributed by atoms with Gasteiger partial charge < -0.3 is 10.4 Å². The normalized spacial score (nSPS) is 19.9. The highest BCUT2D eigenvalue weighted by Gasteiger charge is 2.32.